The van der Waals surface area contributed by atoms with Crippen molar-refractivity contribution in [1.82, 2.24) is 25.0 Å². The molecule has 2 saturated heterocycles. The second-order valence-corrected chi connectivity index (χ2v) is 15.5. The molecule has 61 heavy (non-hydrogen) atoms. The molecule has 4 heterocycles. The standard InChI is InChI=1S/C46H41ClFN7O6/c47-44-32(5-3-7-35(44)34-6-1-2-9-38(34)48)28-60-33-12-11-31(41(20-33)61-27-30-19-29(21-49)22-50-23-30)24-53-15-17-54(18-16-53)26-43(57)51-39-10-4-8-36-37(39)25-55(46(36)59)40-13-14-42(56)52-45(40)58/h1-12,19-20,22-23,40H,13-18,24-28H2,(H,51,57)(H,52,56,58). The predicted molar refractivity (Wildman–Crippen MR) is 224 cm³/mol. The molecule has 0 radical (unpaired) electrons. The number of nitrogens with one attached hydrogen (secondary N) is 2. The van der Waals surface area contributed by atoms with Crippen LogP contribution in [0.25, 0.3) is 11.1 Å². The Bertz CT molecular complexity index is 2560. The predicted octanol–water partition coefficient (Wildman–Crippen LogP) is 6.09. The van der Waals surface area contributed by atoms with Gasteiger partial charge in [0.25, 0.3) is 5.91 Å². The molecule has 3 aliphatic heterocycles. The number of amides is 4. The van der Waals surface area contributed by atoms with Gasteiger partial charge in [-0.1, -0.05) is 60.1 Å². The molecule has 310 valence electrons. The van der Waals surface area contributed by atoms with Crippen LogP contribution in [0.5, 0.6) is 11.5 Å². The lowest BCUT2D eigenvalue weighted by Crippen LogP contribution is -2.52. The van der Waals surface area contributed by atoms with Crippen molar-refractivity contribution in [3.63, 3.8) is 0 Å². The summed E-state index contributed by atoms with van der Waals surface area (Å²) in [5.41, 5.74) is 5.37. The summed E-state index contributed by atoms with van der Waals surface area (Å²) in [6.45, 7) is 3.84. The summed E-state index contributed by atoms with van der Waals surface area (Å²) in [4.78, 5) is 60.8. The van der Waals surface area contributed by atoms with Crippen molar-refractivity contribution in [2.24, 2.45) is 0 Å². The molecule has 1 unspecified atom stereocenters. The zero-order valence-corrected chi connectivity index (χ0v) is 33.8. The number of piperidine rings is 1. The van der Waals surface area contributed by atoms with Crippen LogP contribution >= 0.6 is 11.6 Å². The Morgan fingerprint density at radius 3 is 2.46 bits per heavy atom. The SMILES string of the molecule is N#Cc1cncc(COc2cc(OCc3cccc(-c4ccccc4F)c3Cl)ccc2CN2CCN(CC(=O)Nc3cccc4c3CN(C3CCC(=O)NC3=O)C4=O)CC2)c1. The Labute approximate surface area is 356 Å². The van der Waals surface area contributed by atoms with Crippen LogP contribution < -0.4 is 20.1 Å². The van der Waals surface area contributed by atoms with E-state index in [2.05, 4.69) is 31.5 Å². The molecule has 4 aromatic carbocycles. The van der Waals surface area contributed by atoms with E-state index < -0.39 is 11.9 Å². The van der Waals surface area contributed by atoms with Crippen molar-refractivity contribution in [1.29, 1.82) is 5.26 Å². The van der Waals surface area contributed by atoms with E-state index in [1.54, 1.807) is 54.7 Å². The largest absolute Gasteiger partial charge is 0.489 e. The summed E-state index contributed by atoms with van der Waals surface area (Å²) in [6, 6.07) is 25.8. The molecule has 13 nitrogen and oxygen atoms in total. The third-order valence-electron chi connectivity index (χ3n) is 11.1. The van der Waals surface area contributed by atoms with Crippen LogP contribution in [0.3, 0.4) is 0 Å². The van der Waals surface area contributed by atoms with Crippen molar-refractivity contribution in [2.75, 3.05) is 38.0 Å². The monoisotopic (exact) mass is 841 g/mol. The van der Waals surface area contributed by atoms with Gasteiger partial charge in [-0.05, 0) is 36.8 Å². The van der Waals surface area contributed by atoms with Gasteiger partial charge in [0.1, 0.15) is 42.6 Å². The zero-order chi connectivity index (χ0) is 42.5. The molecule has 8 rings (SSSR count). The number of ether oxygens (including phenoxy) is 2. The second kappa shape index (κ2) is 18.3. The number of piperazine rings is 1. The summed E-state index contributed by atoms with van der Waals surface area (Å²) in [5, 5.41) is 15.1. The first-order chi connectivity index (χ1) is 29.6. The second-order valence-electron chi connectivity index (χ2n) is 15.1. The third kappa shape index (κ3) is 9.39. The van der Waals surface area contributed by atoms with Gasteiger partial charge in [-0.25, -0.2) is 4.39 Å². The number of fused-ring (bicyclic) bond motifs is 1. The van der Waals surface area contributed by atoms with Crippen LogP contribution in [0, 0.1) is 17.1 Å². The Balaban J connectivity index is 0.895. The van der Waals surface area contributed by atoms with Crippen LogP contribution in [-0.2, 0) is 40.7 Å². The fraction of sp³-hybridized carbons (Fsp3) is 0.261. The average Bonchev–Trinajstić information content (AvgIpc) is 3.60. The highest BCUT2D eigenvalue weighted by molar-refractivity contribution is 6.34. The number of aromatic nitrogens is 1. The van der Waals surface area contributed by atoms with Gasteiger partial charge in [-0.15, -0.1) is 0 Å². The minimum absolute atomic E-state index is 0.134. The Morgan fingerprint density at radius 2 is 1.66 bits per heavy atom. The third-order valence-corrected chi connectivity index (χ3v) is 11.5. The minimum atomic E-state index is -0.743. The van der Waals surface area contributed by atoms with E-state index in [4.69, 9.17) is 21.1 Å². The van der Waals surface area contributed by atoms with Crippen LogP contribution in [0.2, 0.25) is 5.02 Å². The van der Waals surface area contributed by atoms with Gasteiger partial charge in [-0.3, -0.25) is 39.3 Å². The number of carbonyl (C=O) groups is 4. The number of anilines is 1. The molecule has 1 atom stereocenters. The lowest BCUT2D eigenvalue weighted by atomic mass is 10.0. The lowest BCUT2D eigenvalue weighted by molar-refractivity contribution is -0.137. The highest BCUT2D eigenvalue weighted by Crippen LogP contribution is 2.35. The molecule has 2 N–H and O–H groups in total. The van der Waals surface area contributed by atoms with Crippen LogP contribution in [0.1, 0.15) is 51.0 Å². The number of hydrogen-bond acceptors (Lipinski definition) is 10. The maximum atomic E-state index is 14.6. The molecule has 5 aromatic rings. The van der Waals surface area contributed by atoms with E-state index in [1.165, 1.54) is 17.2 Å². The topological polar surface area (TPSA) is 157 Å². The van der Waals surface area contributed by atoms with Crippen molar-refractivity contribution in [3.8, 4) is 28.7 Å². The summed E-state index contributed by atoms with van der Waals surface area (Å²) < 4.78 is 27.2. The molecule has 0 saturated carbocycles. The molecule has 0 spiro atoms. The van der Waals surface area contributed by atoms with E-state index in [-0.39, 0.29) is 62.7 Å². The van der Waals surface area contributed by atoms with Gasteiger partial charge in [-0.2, -0.15) is 5.26 Å². The Hall–Kier alpha value is -6.66. The van der Waals surface area contributed by atoms with Crippen molar-refractivity contribution < 1.29 is 33.0 Å². The van der Waals surface area contributed by atoms with Gasteiger partial charge in [0.2, 0.25) is 17.7 Å². The molecular weight excluding hydrogens is 801 g/mol. The Kier molecular flexibility index (Phi) is 12.3. The number of nitrogens with zero attached hydrogens (tertiary/aromatic N) is 5. The van der Waals surface area contributed by atoms with Gasteiger partial charge < -0.3 is 19.7 Å². The van der Waals surface area contributed by atoms with Crippen LogP contribution in [-0.4, -0.2) is 82.1 Å². The number of pyridine rings is 1. The molecule has 15 heteroatoms. The number of halogens is 2. The zero-order valence-electron chi connectivity index (χ0n) is 33.0. The minimum Gasteiger partial charge on any atom is -0.489 e. The number of hydrogen-bond donors (Lipinski definition) is 2. The van der Waals surface area contributed by atoms with E-state index in [9.17, 15) is 28.8 Å². The summed E-state index contributed by atoms with van der Waals surface area (Å²) in [5.74, 6) is -0.575. The lowest BCUT2D eigenvalue weighted by Gasteiger charge is -2.34. The van der Waals surface area contributed by atoms with Crippen molar-refractivity contribution >= 4 is 40.9 Å². The number of benzene rings is 4. The number of carbonyl (C=O) groups excluding carboxylic acids is 4. The van der Waals surface area contributed by atoms with E-state index in [1.807, 2.05) is 30.3 Å². The van der Waals surface area contributed by atoms with Crippen molar-refractivity contribution in [3.05, 3.63) is 142 Å². The van der Waals surface area contributed by atoms with Crippen LogP contribution in [0.4, 0.5) is 10.1 Å². The molecule has 4 amide bonds. The molecule has 2 fully saturated rings. The summed E-state index contributed by atoms with van der Waals surface area (Å²) in [7, 11) is 0. The normalized spacial score (nSPS) is 16.8. The van der Waals surface area contributed by atoms with E-state index in [0.717, 1.165) is 11.1 Å². The fourth-order valence-corrected chi connectivity index (χ4v) is 8.14. The highest BCUT2D eigenvalue weighted by atomic mass is 35.5. The average molecular weight is 842 g/mol. The molecule has 0 aliphatic carbocycles. The summed E-state index contributed by atoms with van der Waals surface area (Å²) in [6.07, 6.45) is 3.57. The van der Waals surface area contributed by atoms with E-state index >= 15 is 0 Å². The molecule has 3 aliphatic rings. The first kappa shape index (κ1) is 41.1. The number of imide groups is 1. The highest BCUT2D eigenvalue weighted by Gasteiger charge is 2.40. The van der Waals surface area contributed by atoms with E-state index in [0.29, 0.717) is 88.3 Å². The maximum absolute atomic E-state index is 14.6. The van der Waals surface area contributed by atoms with Crippen molar-refractivity contribution in [2.45, 2.75) is 45.2 Å². The maximum Gasteiger partial charge on any atom is 0.255 e. The molecular formula is C46H41ClFN7O6. The summed E-state index contributed by atoms with van der Waals surface area (Å²) >= 11 is 6.76. The van der Waals surface area contributed by atoms with Gasteiger partial charge >= 0.3 is 0 Å². The Morgan fingerprint density at radius 1 is 0.885 bits per heavy atom. The number of nitriles is 1. The van der Waals surface area contributed by atoms with Crippen LogP contribution in [0.15, 0.2) is 97.3 Å². The van der Waals surface area contributed by atoms with Gasteiger partial charge in [0, 0.05) is 109 Å². The fourth-order valence-electron chi connectivity index (χ4n) is 7.86. The quantitative estimate of drug-likeness (QED) is 0.133. The first-order valence-corrected chi connectivity index (χ1v) is 20.3. The number of rotatable bonds is 13. The molecule has 0 bridgehead atoms. The smallest absolute Gasteiger partial charge is 0.255 e. The van der Waals surface area contributed by atoms with Gasteiger partial charge in [0.05, 0.1) is 17.1 Å². The first-order valence-electron chi connectivity index (χ1n) is 19.9. The molecule has 1 aromatic heterocycles. The van der Waals surface area contributed by atoms with Gasteiger partial charge in [0.15, 0.2) is 0 Å².